The molecule has 0 radical (unpaired) electrons. The first-order valence-corrected chi connectivity index (χ1v) is 6.79. The lowest BCUT2D eigenvalue weighted by Crippen LogP contribution is -2.35. The standard InChI is InChI=1S/C16H25NO/c1-5-9-14-10-7-8-11-16(14)18-15(6-2)12-17-13(3)4/h5,7-11,13,15,17H,6,12H2,1-4H3. The van der Waals surface area contributed by atoms with Crippen LogP contribution >= 0.6 is 0 Å². The van der Waals surface area contributed by atoms with Crippen molar-refractivity contribution in [1.29, 1.82) is 0 Å². The van der Waals surface area contributed by atoms with Crippen LogP contribution in [0.1, 0.15) is 39.7 Å². The molecule has 2 nitrogen and oxygen atoms in total. The van der Waals surface area contributed by atoms with Gasteiger partial charge in [0.15, 0.2) is 0 Å². The van der Waals surface area contributed by atoms with Crippen LogP contribution in [0.5, 0.6) is 5.75 Å². The number of hydrogen-bond donors (Lipinski definition) is 1. The maximum absolute atomic E-state index is 6.08. The molecule has 0 aliphatic rings. The van der Waals surface area contributed by atoms with Crippen LogP contribution in [0.25, 0.3) is 6.08 Å². The van der Waals surface area contributed by atoms with Crippen LogP contribution in [0.4, 0.5) is 0 Å². The molecule has 1 aromatic carbocycles. The Labute approximate surface area is 111 Å². The number of allylic oxidation sites excluding steroid dienone is 1. The maximum atomic E-state index is 6.08. The van der Waals surface area contributed by atoms with E-state index in [0.29, 0.717) is 6.04 Å². The van der Waals surface area contributed by atoms with Gasteiger partial charge < -0.3 is 10.1 Å². The van der Waals surface area contributed by atoms with Gasteiger partial charge in [-0.2, -0.15) is 0 Å². The molecule has 0 aromatic heterocycles. The second-order valence-corrected chi connectivity index (χ2v) is 4.75. The Balaban J connectivity index is 2.69. The lowest BCUT2D eigenvalue weighted by Gasteiger charge is -2.20. The van der Waals surface area contributed by atoms with Gasteiger partial charge in [-0.05, 0) is 19.4 Å². The topological polar surface area (TPSA) is 21.3 Å². The molecule has 0 bridgehead atoms. The fourth-order valence-electron chi connectivity index (χ4n) is 1.72. The predicted molar refractivity (Wildman–Crippen MR) is 79.0 cm³/mol. The van der Waals surface area contributed by atoms with Gasteiger partial charge in [0.1, 0.15) is 11.9 Å². The molecule has 18 heavy (non-hydrogen) atoms. The molecule has 1 atom stereocenters. The van der Waals surface area contributed by atoms with Gasteiger partial charge in [0.05, 0.1) is 0 Å². The highest BCUT2D eigenvalue weighted by atomic mass is 16.5. The van der Waals surface area contributed by atoms with Crippen molar-refractivity contribution in [3.63, 3.8) is 0 Å². The van der Waals surface area contributed by atoms with E-state index in [1.807, 2.05) is 31.2 Å². The zero-order chi connectivity index (χ0) is 13.4. The first-order valence-electron chi connectivity index (χ1n) is 6.79. The Bertz CT molecular complexity index is 371. The number of rotatable bonds is 7. The van der Waals surface area contributed by atoms with Gasteiger partial charge in [0, 0.05) is 18.2 Å². The molecule has 1 unspecified atom stereocenters. The summed E-state index contributed by atoms with van der Waals surface area (Å²) in [4.78, 5) is 0. The summed E-state index contributed by atoms with van der Waals surface area (Å²) in [6, 6.07) is 8.67. The van der Waals surface area contributed by atoms with E-state index in [9.17, 15) is 0 Å². The van der Waals surface area contributed by atoms with Crippen LogP contribution in [-0.2, 0) is 0 Å². The predicted octanol–water partition coefficient (Wildman–Crippen LogP) is 3.88. The van der Waals surface area contributed by atoms with Crippen molar-refractivity contribution in [2.75, 3.05) is 6.54 Å². The number of ether oxygens (including phenoxy) is 1. The van der Waals surface area contributed by atoms with Crippen molar-refractivity contribution in [2.24, 2.45) is 0 Å². The third-order valence-corrected chi connectivity index (χ3v) is 2.77. The van der Waals surface area contributed by atoms with E-state index in [1.165, 1.54) is 0 Å². The Morgan fingerprint density at radius 3 is 2.61 bits per heavy atom. The molecule has 0 spiro atoms. The summed E-state index contributed by atoms with van der Waals surface area (Å²) < 4.78 is 6.08. The Hall–Kier alpha value is -1.28. The molecular formula is C16H25NO. The van der Waals surface area contributed by atoms with E-state index in [-0.39, 0.29) is 6.10 Å². The van der Waals surface area contributed by atoms with E-state index in [4.69, 9.17) is 4.74 Å². The molecular weight excluding hydrogens is 222 g/mol. The highest BCUT2D eigenvalue weighted by molar-refractivity contribution is 5.56. The quantitative estimate of drug-likeness (QED) is 0.789. The molecule has 2 heteroatoms. The largest absolute Gasteiger partial charge is 0.488 e. The van der Waals surface area contributed by atoms with Gasteiger partial charge >= 0.3 is 0 Å². The summed E-state index contributed by atoms with van der Waals surface area (Å²) in [5.41, 5.74) is 1.14. The zero-order valence-corrected chi connectivity index (χ0v) is 11.9. The number of hydrogen-bond acceptors (Lipinski definition) is 2. The van der Waals surface area contributed by atoms with E-state index in [2.05, 4.69) is 38.2 Å². The van der Waals surface area contributed by atoms with Crippen LogP contribution in [-0.4, -0.2) is 18.7 Å². The second kappa shape index (κ2) is 7.93. The summed E-state index contributed by atoms with van der Waals surface area (Å²) in [7, 11) is 0. The third-order valence-electron chi connectivity index (χ3n) is 2.77. The fourth-order valence-corrected chi connectivity index (χ4v) is 1.72. The SMILES string of the molecule is CC=Cc1ccccc1OC(CC)CNC(C)C. The monoisotopic (exact) mass is 247 g/mol. The fraction of sp³-hybridized carbons (Fsp3) is 0.500. The summed E-state index contributed by atoms with van der Waals surface area (Å²) in [5, 5.41) is 3.43. The number of benzene rings is 1. The summed E-state index contributed by atoms with van der Waals surface area (Å²) >= 11 is 0. The Morgan fingerprint density at radius 1 is 1.28 bits per heavy atom. The van der Waals surface area contributed by atoms with Gasteiger partial charge in [-0.25, -0.2) is 0 Å². The molecule has 100 valence electrons. The molecule has 0 heterocycles. The second-order valence-electron chi connectivity index (χ2n) is 4.75. The minimum absolute atomic E-state index is 0.221. The first-order chi connectivity index (χ1) is 8.67. The lowest BCUT2D eigenvalue weighted by atomic mass is 10.2. The van der Waals surface area contributed by atoms with Crippen molar-refractivity contribution < 1.29 is 4.74 Å². The van der Waals surface area contributed by atoms with Crippen molar-refractivity contribution in [3.8, 4) is 5.75 Å². The van der Waals surface area contributed by atoms with Crippen LogP contribution in [0.3, 0.4) is 0 Å². The van der Waals surface area contributed by atoms with Crippen molar-refractivity contribution in [3.05, 3.63) is 35.9 Å². The normalized spacial score (nSPS) is 13.2. The van der Waals surface area contributed by atoms with Crippen LogP contribution in [0.15, 0.2) is 30.3 Å². The number of nitrogens with one attached hydrogen (secondary N) is 1. The first kappa shape index (κ1) is 14.8. The van der Waals surface area contributed by atoms with Gasteiger partial charge in [0.2, 0.25) is 0 Å². The highest BCUT2D eigenvalue weighted by Gasteiger charge is 2.10. The molecule has 0 fully saturated rings. The molecule has 0 saturated carbocycles. The molecule has 0 aliphatic carbocycles. The van der Waals surface area contributed by atoms with Gasteiger partial charge in [-0.15, -0.1) is 0 Å². The van der Waals surface area contributed by atoms with Crippen LogP contribution in [0, 0.1) is 0 Å². The maximum Gasteiger partial charge on any atom is 0.126 e. The van der Waals surface area contributed by atoms with Crippen molar-refractivity contribution >= 4 is 6.08 Å². The van der Waals surface area contributed by atoms with Crippen LogP contribution in [0.2, 0.25) is 0 Å². The lowest BCUT2D eigenvalue weighted by molar-refractivity contribution is 0.190. The smallest absolute Gasteiger partial charge is 0.126 e. The minimum Gasteiger partial charge on any atom is -0.488 e. The van der Waals surface area contributed by atoms with E-state index < -0.39 is 0 Å². The van der Waals surface area contributed by atoms with Crippen molar-refractivity contribution in [1.82, 2.24) is 5.32 Å². The molecule has 0 aliphatic heterocycles. The molecule has 1 N–H and O–H groups in total. The Morgan fingerprint density at radius 2 is 2.00 bits per heavy atom. The van der Waals surface area contributed by atoms with Crippen LogP contribution < -0.4 is 10.1 Å². The molecule has 1 aromatic rings. The van der Waals surface area contributed by atoms with Gasteiger partial charge in [-0.3, -0.25) is 0 Å². The molecule has 1 rings (SSSR count). The van der Waals surface area contributed by atoms with E-state index in [1.54, 1.807) is 0 Å². The molecule has 0 amide bonds. The summed E-state index contributed by atoms with van der Waals surface area (Å²) in [6.07, 6.45) is 5.34. The average Bonchev–Trinajstić information content (AvgIpc) is 2.36. The average molecular weight is 247 g/mol. The Kier molecular flexibility index (Phi) is 6.51. The van der Waals surface area contributed by atoms with E-state index in [0.717, 1.165) is 24.3 Å². The minimum atomic E-state index is 0.221. The highest BCUT2D eigenvalue weighted by Crippen LogP contribution is 2.21. The molecule has 0 saturated heterocycles. The zero-order valence-electron chi connectivity index (χ0n) is 11.9. The third kappa shape index (κ3) is 4.92. The summed E-state index contributed by atoms with van der Waals surface area (Å²) in [6.45, 7) is 9.37. The van der Waals surface area contributed by atoms with Gasteiger partial charge in [0.25, 0.3) is 0 Å². The van der Waals surface area contributed by atoms with Crippen molar-refractivity contribution in [2.45, 2.75) is 46.3 Å². The van der Waals surface area contributed by atoms with Gasteiger partial charge in [-0.1, -0.05) is 51.1 Å². The number of para-hydroxylation sites is 1. The van der Waals surface area contributed by atoms with E-state index >= 15 is 0 Å². The summed E-state index contributed by atoms with van der Waals surface area (Å²) in [5.74, 6) is 0.966.